The molecule has 1 N–H and O–H groups in total. The number of nitriles is 1. The molecule has 0 aliphatic carbocycles. The van der Waals surface area contributed by atoms with Crippen LogP contribution in [0, 0.1) is 18.3 Å². The first-order valence-electron chi connectivity index (χ1n) is 10.4. The van der Waals surface area contributed by atoms with Gasteiger partial charge in [0.15, 0.2) is 0 Å². The number of benzene rings is 2. The summed E-state index contributed by atoms with van der Waals surface area (Å²) in [6, 6.07) is 11.1. The number of anilines is 2. The molecule has 3 rings (SSSR count). The number of fused-ring (bicyclic) bond motifs is 1. The Labute approximate surface area is 194 Å². The molecule has 1 aliphatic rings. The normalized spacial score (nSPS) is 17.7. The van der Waals surface area contributed by atoms with Gasteiger partial charge in [0.05, 0.1) is 10.0 Å². The molecule has 0 fully saturated rings. The molecule has 1 aliphatic heterocycles. The van der Waals surface area contributed by atoms with E-state index in [-0.39, 0.29) is 11.1 Å². The Morgan fingerprint density at radius 1 is 1.29 bits per heavy atom. The van der Waals surface area contributed by atoms with Crippen molar-refractivity contribution in [2.24, 2.45) is 0 Å². The van der Waals surface area contributed by atoms with Crippen LogP contribution in [0.15, 0.2) is 35.9 Å². The summed E-state index contributed by atoms with van der Waals surface area (Å²) >= 11 is 11.9. The molecule has 0 saturated carbocycles. The van der Waals surface area contributed by atoms with E-state index in [0.29, 0.717) is 21.7 Å². The largest absolute Gasteiger partial charge is 0.366 e. The average Bonchev–Trinajstić information content (AvgIpc) is 2.69. The SMILES string of the molecule is CCN1c2cc(C)c(/C=C(\C#N)C(=O)Nc3ccc(Cl)c(Cl)c3)cc2C(C)CC1(C)C. The minimum Gasteiger partial charge on any atom is -0.366 e. The third-order valence-corrected chi connectivity index (χ3v) is 6.67. The van der Waals surface area contributed by atoms with Gasteiger partial charge < -0.3 is 10.2 Å². The lowest BCUT2D eigenvalue weighted by molar-refractivity contribution is -0.112. The lowest BCUT2D eigenvalue weighted by Gasteiger charge is -2.47. The molecule has 2 aromatic carbocycles. The molecule has 31 heavy (non-hydrogen) atoms. The first-order chi connectivity index (χ1) is 14.6. The van der Waals surface area contributed by atoms with Crippen LogP contribution in [0.25, 0.3) is 6.08 Å². The number of rotatable bonds is 4. The van der Waals surface area contributed by atoms with Crippen LogP contribution in [0.1, 0.15) is 56.7 Å². The van der Waals surface area contributed by atoms with Crippen molar-refractivity contribution < 1.29 is 4.79 Å². The molecule has 162 valence electrons. The third-order valence-electron chi connectivity index (χ3n) is 5.93. The summed E-state index contributed by atoms with van der Waals surface area (Å²) < 4.78 is 0. The van der Waals surface area contributed by atoms with Crippen LogP contribution in [0.3, 0.4) is 0 Å². The van der Waals surface area contributed by atoms with Gasteiger partial charge in [0.25, 0.3) is 5.91 Å². The summed E-state index contributed by atoms with van der Waals surface area (Å²) in [6.07, 6.45) is 2.70. The minimum atomic E-state index is -0.484. The molecule has 4 nitrogen and oxygen atoms in total. The molecule has 1 amide bonds. The van der Waals surface area contributed by atoms with Gasteiger partial charge in [-0.2, -0.15) is 5.26 Å². The Morgan fingerprint density at radius 2 is 2.00 bits per heavy atom. The van der Waals surface area contributed by atoms with Crippen molar-refractivity contribution in [3.63, 3.8) is 0 Å². The molecular weight excluding hydrogens is 429 g/mol. The molecular formula is C25H27Cl2N3O. The molecule has 0 bridgehead atoms. The van der Waals surface area contributed by atoms with Gasteiger partial charge in [0.1, 0.15) is 11.6 Å². The van der Waals surface area contributed by atoms with Crippen molar-refractivity contribution in [2.45, 2.75) is 52.5 Å². The number of halogens is 2. The minimum absolute atomic E-state index is 0.0327. The predicted octanol–water partition coefficient (Wildman–Crippen LogP) is 6.96. The number of amides is 1. The Kier molecular flexibility index (Phi) is 6.69. The zero-order valence-electron chi connectivity index (χ0n) is 18.5. The van der Waals surface area contributed by atoms with Gasteiger partial charge in [-0.3, -0.25) is 4.79 Å². The van der Waals surface area contributed by atoms with Gasteiger partial charge in [-0.1, -0.05) is 30.1 Å². The topological polar surface area (TPSA) is 56.1 Å². The molecule has 0 spiro atoms. The quantitative estimate of drug-likeness (QED) is 0.400. The maximum Gasteiger partial charge on any atom is 0.266 e. The van der Waals surface area contributed by atoms with Gasteiger partial charge >= 0.3 is 0 Å². The Hall–Kier alpha value is -2.48. The van der Waals surface area contributed by atoms with E-state index in [4.69, 9.17) is 23.2 Å². The highest BCUT2D eigenvalue weighted by atomic mass is 35.5. The highest BCUT2D eigenvalue weighted by Gasteiger charge is 2.35. The van der Waals surface area contributed by atoms with Crippen molar-refractivity contribution in [2.75, 3.05) is 16.8 Å². The number of carbonyl (C=O) groups is 1. The average molecular weight is 456 g/mol. The fourth-order valence-electron chi connectivity index (χ4n) is 4.48. The zero-order chi connectivity index (χ0) is 22.9. The van der Waals surface area contributed by atoms with E-state index >= 15 is 0 Å². The Balaban J connectivity index is 1.96. The number of aryl methyl sites for hydroxylation is 1. The highest BCUT2D eigenvalue weighted by Crippen LogP contribution is 2.44. The summed E-state index contributed by atoms with van der Waals surface area (Å²) in [5.41, 5.74) is 4.99. The van der Waals surface area contributed by atoms with Crippen LogP contribution in [-0.2, 0) is 4.79 Å². The maximum absolute atomic E-state index is 12.7. The number of carbonyl (C=O) groups excluding carboxylic acids is 1. The van der Waals surface area contributed by atoms with Gasteiger partial charge in [-0.15, -0.1) is 0 Å². The number of nitrogens with one attached hydrogen (secondary N) is 1. The van der Waals surface area contributed by atoms with Crippen molar-refractivity contribution in [3.8, 4) is 6.07 Å². The van der Waals surface area contributed by atoms with Crippen molar-refractivity contribution in [3.05, 3.63) is 62.6 Å². The summed E-state index contributed by atoms with van der Waals surface area (Å²) in [5, 5.41) is 13.1. The van der Waals surface area contributed by atoms with E-state index in [1.165, 1.54) is 11.3 Å². The van der Waals surface area contributed by atoms with E-state index < -0.39 is 5.91 Å². The molecule has 1 unspecified atom stereocenters. The van der Waals surface area contributed by atoms with E-state index in [0.717, 1.165) is 24.1 Å². The van der Waals surface area contributed by atoms with Crippen LogP contribution in [0.5, 0.6) is 0 Å². The van der Waals surface area contributed by atoms with Gasteiger partial charge in [-0.25, -0.2) is 0 Å². The molecule has 0 radical (unpaired) electrons. The Bertz CT molecular complexity index is 1100. The van der Waals surface area contributed by atoms with E-state index in [1.807, 2.05) is 13.0 Å². The number of hydrogen-bond acceptors (Lipinski definition) is 3. The summed E-state index contributed by atoms with van der Waals surface area (Å²) in [5.74, 6) is -0.0986. The van der Waals surface area contributed by atoms with Crippen LogP contribution < -0.4 is 10.2 Å². The Morgan fingerprint density at radius 3 is 2.61 bits per heavy atom. The highest BCUT2D eigenvalue weighted by molar-refractivity contribution is 6.42. The predicted molar refractivity (Wildman–Crippen MR) is 130 cm³/mol. The third kappa shape index (κ3) is 4.74. The molecule has 6 heteroatoms. The monoisotopic (exact) mass is 455 g/mol. The van der Waals surface area contributed by atoms with Crippen LogP contribution >= 0.6 is 23.2 Å². The number of hydrogen-bond donors (Lipinski definition) is 1. The number of nitrogens with zero attached hydrogens (tertiary/aromatic N) is 2. The van der Waals surface area contributed by atoms with E-state index in [1.54, 1.807) is 24.3 Å². The van der Waals surface area contributed by atoms with Crippen LogP contribution in [0.2, 0.25) is 10.0 Å². The first kappa shape index (κ1) is 23.2. The van der Waals surface area contributed by atoms with Gasteiger partial charge in [0, 0.05) is 23.5 Å². The molecule has 2 aromatic rings. The first-order valence-corrected chi connectivity index (χ1v) is 11.1. The standard InChI is InChI=1S/C25H27Cl2N3O/c1-6-30-23-9-15(2)17(11-20(23)16(3)13-25(30,4)5)10-18(14-28)24(31)29-19-7-8-21(26)22(27)12-19/h7-12,16H,6,13H2,1-5H3,(H,29,31)/b18-10+. The molecule has 1 heterocycles. The zero-order valence-corrected chi connectivity index (χ0v) is 20.0. The summed E-state index contributed by atoms with van der Waals surface area (Å²) in [6.45, 7) is 11.9. The second-order valence-electron chi connectivity index (χ2n) is 8.68. The summed E-state index contributed by atoms with van der Waals surface area (Å²) in [4.78, 5) is 15.1. The lowest BCUT2D eigenvalue weighted by Crippen LogP contribution is -2.48. The maximum atomic E-state index is 12.7. The fourth-order valence-corrected chi connectivity index (χ4v) is 4.78. The van der Waals surface area contributed by atoms with Crippen molar-refractivity contribution >= 4 is 46.6 Å². The van der Waals surface area contributed by atoms with Crippen molar-refractivity contribution in [1.82, 2.24) is 0 Å². The van der Waals surface area contributed by atoms with E-state index in [2.05, 4.69) is 50.0 Å². The second kappa shape index (κ2) is 8.94. The van der Waals surface area contributed by atoms with Crippen LogP contribution in [-0.4, -0.2) is 18.0 Å². The smallest absolute Gasteiger partial charge is 0.266 e. The van der Waals surface area contributed by atoms with Gasteiger partial charge in [0.2, 0.25) is 0 Å². The van der Waals surface area contributed by atoms with Crippen LogP contribution in [0.4, 0.5) is 11.4 Å². The van der Waals surface area contributed by atoms with Gasteiger partial charge in [-0.05, 0) is 93.1 Å². The molecule has 0 saturated heterocycles. The van der Waals surface area contributed by atoms with Crippen molar-refractivity contribution in [1.29, 1.82) is 5.26 Å². The molecule has 1 atom stereocenters. The lowest BCUT2D eigenvalue weighted by atomic mass is 9.79. The summed E-state index contributed by atoms with van der Waals surface area (Å²) in [7, 11) is 0. The van der Waals surface area contributed by atoms with E-state index in [9.17, 15) is 10.1 Å². The fraction of sp³-hybridized carbons (Fsp3) is 0.360. The second-order valence-corrected chi connectivity index (χ2v) is 9.50. The molecule has 0 aromatic heterocycles.